The predicted octanol–water partition coefficient (Wildman–Crippen LogP) is -0.162. The summed E-state index contributed by atoms with van der Waals surface area (Å²) in [6.45, 7) is -0.145. The third kappa shape index (κ3) is 1.84. The van der Waals surface area contributed by atoms with E-state index in [1.165, 1.54) is 0 Å². The summed E-state index contributed by atoms with van der Waals surface area (Å²) in [5, 5.41) is 1.95. The van der Waals surface area contributed by atoms with E-state index < -0.39 is 17.6 Å². The Morgan fingerprint density at radius 2 is 2.14 bits per heavy atom. The fourth-order valence-corrected chi connectivity index (χ4v) is 0.827. The molecule has 3 N–H and O–H groups in total. The lowest BCUT2D eigenvalue weighted by Crippen LogP contribution is -2.35. The van der Waals surface area contributed by atoms with Crippen LogP contribution in [0.4, 0.5) is 13.2 Å². The molecular formula is C6H6F3N3O2. The van der Waals surface area contributed by atoms with Gasteiger partial charge in [0.15, 0.2) is 0 Å². The third-order valence-corrected chi connectivity index (χ3v) is 1.44. The van der Waals surface area contributed by atoms with Crippen molar-refractivity contribution in [1.29, 1.82) is 0 Å². The number of carbonyl (C=O) groups is 1. The van der Waals surface area contributed by atoms with Crippen LogP contribution in [-0.4, -0.2) is 21.9 Å². The number of halogens is 3. The van der Waals surface area contributed by atoms with Crippen LogP contribution in [0.5, 0.6) is 0 Å². The Morgan fingerprint density at radius 1 is 1.57 bits per heavy atom. The Labute approximate surface area is 75.3 Å². The van der Waals surface area contributed by atoms with Crippen molar-refractivity contribution in [3.63, 3.8) is 0 Å². The van der Waals surface area contributed by atoms with Crippen molar-refractivity contribution in [1.82, 2.24) is 9.78 Å². The van der Waals surface area contributed by atoms with Crippen molar-refractivity contribution in [2.24, 2.45) is 5.73 Å². The van der Waals surface area contributed by atoms with Crippen LogP contribution in [0.3, 0.4) is 0 Å². The van der Waals surface area contributed by atoms with Gasteiger partial charge in [-0.1, -0.05) is 0 Å². The summed E-state index contributed by atoms with van der Waals surface area (Å²) >= 11 is 0. The van der Waals surface area contributed by atoms with Crippen LogP contribution < -0.4 is 11.3 Å². The molecule has 0 saturated carbocycles. The summed E-state index contributed by atoms with van der Waals surface area (Å²) in [6.07, 6.45) is -5.08. The average molecular weight is 209 g/mol. The van der Waals surface area contributed by atoms with Gasteiger partial charge in [-0.15, -0.1) is 0 Å². The Bertz CT molecular complexity index is 403. The highest BCUT2D eigenvalue weighted by molar-refractivity contribution is 5.83. The second-order valence-corrected chi connectivity index (χ2v) is 2.46. The van der Waals surface area contributed by atoms with Gasteiger partial charge in [-0.2, -0.15) is 17.9 Å². The van der Waals surface area contributed by atoms with Gasteiger partial charge in [-0.05, 0) is 0 Å². The van der Waals surface area contributed by atoms with Gasteiger partial charge in [0.2, 0.25) is 0 Å². The number of nitrogens with one attached hydrogen (secondary N) is 1. The molecule has 1 aromatic rings. The molecule has 0 radical (unpaired) electrons. The molecule has 0 bridgehead atoms. The first-order valence-electron chi connectivity index (χ1n) is 3.49. The fourth-order valence-electron chi connectivity index (χ4n) is 0.827. The van der Waals surface area contributed by atoms with E-state index in [9.17, 15) is 22.8 Å². The van der Waals surface area contributed by atoms with E-state index in [-0.39, 0.29) is 16.9 Å². The van der Waals surface area contributed by atoms with Crippen LogP contribution in [0.25, 0.3) is 0 Å². The molecule has 0 unspecified atom stereocenters. The van der Waals surface area contributed by atoms with Crippen molar-refractivity contribution < 1.29 is 18.0 Å². The number of H-pyrrole nitrogens is 1. The van der Waals surface area contributed by atoms with E-state index in [1.807, 2.05) is 5.10 Å². The van der Waals surface area contributed by atoms with Crippen molar-refractivity contribution in [3.8, 4) is 0 Å². The number of aromatic amines is 1. The van der Waals surface area contributed by atoms with Crippen molar-refractivity contribution >= 4 is 5.91 Å². The monoisotopic (exact) mass is 209 g/mol. The standard InChI is InChI=1S/C6H6F3N3O2/c7-6(8,9)5(14)12-4(13)1-3(2-10)11-12/h1,11H,2,10H2. The highest BCUT2D eigenvalue weighted by Gasteiger charge is 2.41. The van der Waals surface area contributed by atoms with E-state index in [2.05, 4.69) is 0 Å². The van der Waals surface area contributed by atoms with Gasteiger partial charge >= 0.3 is 12.1 Å². The largest absolute Gasteiger partial charge is 0.473 e. The van der Waals surface area contributed by atoms with Gasteiger partial charge < -0.3 is 5.73 Å². The Morgan fingerprint density at radius 3 is 2.50 bits per heavy atom. The molecule has 0 aliphatic carbocycles. The fraction of sp³-hybridized carbons (Fsp3) is 0.333. The molecule has 0 fully saturated rings. The maximum atomic E-state index is 11.9. The van der Waals surface area contributed by atoms with E-state index >= 15 is 0 Å². The maximum Gasteiger partial charge on any atom is 0.473 e. The smallest absolute Gasteiger partial charge is 0.325 e. The molecule has 1 heterocycles. The first-order chi connectivity index (χ1) is 6.36. The normalized spacial score (nSPS) is 11.7. The molecule has 1 aromatic heterocycles. The zero-order valence-electron chi connectivity index (χ0n) is 6.76. The van der Waals surface area contributed by atoms with Gasteiger partial charge in [0.1, 0.15) is 0 Å². The lowest BCUT2D eigenvalue weighted by molar-refractivity contribution is -0.0958. The van der Waals surface area contributed by atoms with Crippen molar-refractivity contribution in [2.45, 2.75) is 12.7 Å². The number of aromatic nitrogens is 2. The molecule has 0 atom stereocenters. The first-order valence-corrected chi connectivity index (χ1v) is 3.49. The van der Waals surface area contributed by atoms with Crippen molar-refractivity contribution in [2.75, 3.05) is 0 Å². The molecule has 78 valence electrons. The number of rotatable bonds is 1. The van der Waals surface area contributed by atoms with Gasteiger partial charge in [0.25, 0.3) is 5.56 Å². The van der Waals surface area contributed by atoms with Crippen LogP contribution in [-0.2, 0) is 6.54 Å². The Hall–Kier alpha value is -1.57. The Kier molecular flexibility index (Phi) is 2.47. The molecule has 0 spiro atoms. The van der Waals surface area contributed by atoms with E-state index in [0.717, 1.165) is 6.07 Å². The van der Waals surface area contributed by atoms with Crippen LogP contribution in [0.1, 0.15) is 10.5 Å². The molecular weight excluding hydrogens is 203 g/mol. The molecule has 0 aromatic carbocycles. The summed E-state index contributed by atoms with van der Waals surface area (Å²) < 4.78 is 35.5. The number of carbonyl (C=O) groups excluding carboxylic acids is 1. The molecule has 1 rings (SSSR count). The van der Waals surface area contributed by atoms with Crippen LogP contribution >= 0.6 is 0 Å². The summed E-state index contributed by atoms with van der Waals surface area (Å²) in [7, 11) is 0. The van der Waals surface area contributed by atoms with E-state index in [4.69, 9.17) is 5.73 Å². The average Bonchev–Trinajstić information content (AvgIpc) is 2.43. The topological polar surface area (TPSA) is 80.9 Å². The molecule has 14 heavy (non-hydrogen) atoms. The van der Waals surface area contributed by atoms with Crippen LogP contribution in [0.2, 0.25) is 0 Å². The number of nitrogens with zero attached hydrogens (tertiary/aromatic N) is 1. The minimum absolute atomic E-state index is 0.0626. The maximum absolute atomic E-state index is 11.9. The van der Waals surface area contributed by atoms with Crippen LogP contribution in [0, 0.1) is 0 Å². The van der Waals surface area contributed by atoms with Gasteiger partial charge in [-0.25, -0.2) is 0 Å². The Balaban J connectivity index is 3.14. The first kappa shape index (κ1) is 10.5. The lowest BCUT2D eigenvalue weighted by Gasteiger charge is -2.03. The van der Waals surface area contributed by atoms with Gasteiger partial charge in [0, 0.05) is 12.6 Å². The second-order valence-electron chi connectivity index (χ2n) is 2.46. The van der Waals surface area contributed by atoms with E-state index in [0.29, 0.717) is 0 Å². The van der Waals surface area contributed by atoms with E-state index in [1.54, 1.807) is 0 Å². The minimum atomic E-state index is -5.08. The number of hydrogen-bond acceptors (Lipinski definition) is 3. The van der Waals surface area contributed by atoms with Crippen LogP contribution in [0.15, 0.2) is 10.9 Å². The highest BCUT2D eigenvalue weighted by Crippen LogP contribution is 2.16. The van der Waals surface area contributed by atoms with Crippen molar-refractivity contribution in [3.05, 3.63) is 22.1 Å². The number of hydrogen-bond donors (Lipinski definition) is 2. The summed E-state index contributed by atoms with van der Waals surface area (Å²) in [5.41, 5.74) is 4.05. The van der Waals surface area contributed by atoms with Gasteiger partial charge in [0.05, 0.1) is 5.69 Å². The predicted molar refractivity (Wildman–Crippen MR) is 39.6 cm³/mol. The third-order valence-electron chi connectivity index (χ3n) is 1.44. The minimum Gasteiger partial charge on any atom is -0.325 e. The molecule has 8 heteroatoms. The second kappa shape index (κ2) is 3.29. The van der Waals surface area contributed by atoms with Gasteiger partial charge in [-0.3, -0.25) is 14.7 Å². The SMILES string of the molecule is NCc1cc(=O)n(C(=O)C(F)(F)F)[nH]1. The molecule has 0 amide bonds. The summed E-state index contributed by atoms with van der Waals surface area (Å²) in [6, 6.07) is 0.837. The highest BCUT2D eigenvalue weighted by atomic mass is 19.4. The number of alkyl halides is 3. The lowest BCUT2D eigenvalue weighted by atomic mass is 10.4. The molecule has 0 aliphatic heterocycles. The molecule has 0 saturated heterocycles. The number of nitrogens with two attached hydrogens (primary N) is 1. The summed E-state index contributed by atoms with van der Waals surface area (Å²) in [5.74, 6) is -2.26. The quantitative estimate of drug-likeness (QED) is 0.674. The molecule has 0 aliphatic rings. The zero-order chi connectivity index (χ0) is 10.9. The zero-order valence-corrected chi connectivity index (χ0v) is 6.76. The summed E-state index contributed by atoms with van der Waals surface area (Å²) in [4.78, 5) is 21.4. The molecule has 5 nitrogen and oxygen atoms in total.